The van der Waals surface area contributed by atoms with Crippen LogP contribution in [0.4, 0.5) is 0 Å². The first kappa shape index (κ1) is 12.5. The molecule has 16 heavy (non-hydrogen) atoms. The van der Waals surface area contributed by atoms with Crippen LogP contribution in [0.15, 0.2) is 24.3 Å². The zero-order valence-corrected chi connectivity index (χ0v) is 9.90. The fourth-order valence-corrected chi connectivity index (χ4v) is 1.08. The van der Waals surface area contributed by atoms with Crippen molar-refractivity contribution in [1.82, 2.24) is 0 Å². The maximum Gasteiger partial charge on any atom is 0.137 e. The Labute approximate surface area is 96.3 Å². The molecule has 0 aliphatic heterocycles. The summed E-state index contributed by atoms with van der Waals surface area (Å²) in [6.45, 7) is 5.77. The maximum absolute atomic E-state index is 10.0. The topological polar surface area (TPSA) is 53.2 Å². The number of para-hydroxylation sites is 1. The molecule has 0 radical (unpaired) electrons. The van der Waals surface area contributed by atoms with Crippen LogP contribution in [0, 0.1) is 17.2 Å². The smallest absolute Gasteiger partial charge is 0.137 e. The van der Waals surface area contributed by atoms with Gasteiger partial charge < -0.3 is 9.84 Å². The lowest BCUT2D eigenvalue weighted by Crippen LogP contribution is -2.37. The molecule has 0 fully saturated rings. The van der Waals surface area contributed by atoms with Crippen molar-refractivity contribution < 1.29 is 9.84 Å². The molecule has 1 aromatic carbocycles. The van der Waals surface area contributed by atoms with E-state index in [4.69, 9.17) is 10.00 Å². The Morgan fingerprint density at radius 1 is 1.44 bits per heavy atom. The predicted molar refractivity (Wildman–Crippen MR) is 62.1 cm³/mol. The summed E-state index contributed by atoms with van der Waals surface area (Å²) in [5, 5.41) is 18.9. The minimum atomic E-state index is -0.886. The number of aliphatic hydroxyl groups is 1. The second-order valence-corrected chi connectivity index (χ2v) is 4.41. The minimum Gasteiger partial charge on any atom is -0.489 e. The number of hydrogen-bond acceptors (Lipinski definition) is 3. The molecule has 3 nitrogen and oxygen atoms in total. The lowest BCUT2D eigenvalue weighted by atomic mass is 9.94. The summed E-state index contributed by atoms with van der Waals surface area (Å²) in [6.07, 6.45) is 0. The van der Waals surface area contributed by atoms with Crippen molar-refractivity contribution in [3.05, 3.63) is 29.8 Å². The Balaban J connectivity index is 2.72. The number of nitriles is 1. The second-order valence-electron chi connectivity index (χ2n) is 4.41. The van der Waals surface area contributed by atoms with E-state index in [1.54, 1.807) is 31.2 Å². The summed E-state index contributed by atoms with van der Waals surface area (Å²) in [7, 11) is 0. The molecule has 0 saturated carbocycles. The van der Waals surface area contributed by atoms with Crippen molar-refractivity contribution in [2.75, 3.05) is 6.61 Å². The Morgan fingerprint density at radius 3 is 2.62 bits per heavy atom. The average Bonchev–Trinajstić information content (AvgIpc) is 2.26. The molecule has 0 spiro atoms. The van der Waals surface area contributed by atoms with Crippen molar-refractivity contribution in [3.63, 3.8) is 0 Å². The largest absolute Gasteiger partial charge is 0.489 e. The highest BCUT2D eigenvalue weighted by Gasteiger charge is 2.26. The fraction of sp³-hybridized carbons (Fsp3) is 0.462. The van der Waals surface area contributed by atoms with E-state index >= 15 is 0 Å². The van der Waals surface area contributed by atoms with Crippen molar-refractivity contribution in [2.45, 2.75) is 26.4 Å². The molecule has 0 bridgehead atoms. The highest BCUT2D eigenvalue weighted by atomic mass is 16.5. The number of hydrogen-bond donors (Lipinski definition) is 1. The SMILES string of the molecule is CC(C)C(C)(O)COc1ccccc1C#N. The van der Waals surface area contributed by atoms with E-state index < -0.39 is 5.60 Å². The van der Waals surface area contributed by atoms with Gasteiger partial charge in [-0.3, -0.25) is 0 Å². The summed E-state index contributed by atoms with van der Waals surface area (Å²) >= 11 is 0. The number of ether oxygens (including phenoxy) is 1. The number of benzene rings is 1. The van der Waals surface area contributed by atoms with Gasteiger partial charge in [-0.2, -0.15) is 5.26 Å². The molecule has 1 N–H and O–H groups in total. The molecule has 0 saturated heterocycles. The zero-order valence-electron chi connectivity index (χ0n) is 9.90. The van der Waals surface area contributed by atoms with Gasteiger partial charge in [-0.1, -0.05) is 26.0 Å². The molecule has 0 amide bonds. The summed E-state index contributed by atoms with van der Waals surface area (Å²) in [6, 6.07) is 9.07. The first-order valence-corrected chi connectivity index (χ1v) is 5.31. The van der Waals surface area contributed by atoms with E-state index in [1.807, 2.05) is 13.8 Å². The van der Waals surface area contributed by atoms with Gasteiger partial charge in [0.25, 0.3) is 0 Å². The quantitative estimate of drug-likeness (QED) is 0.845. The van der Waals surface area contributed by atoms with E-state index in [1.165, 1.54) is 0 Å². The van der Waals surface area contributed by atoms with Crippen LogP contribution in [-0.2, 0) is 0 Å². The van der Waals surface area contributed by atoms with Gasteiger partial charge in [0.1, 0.15) is 18.4 Å². The van der Waals surface area contributed by atoms with Crippen molar-refractivity contribution in [3.8, 4) is 11.8 Å². The summed E-state index contributed by atoms with van der Waals surface area (Å²) in [4.78, 5) is 0. The third-order valence-corrected chi connectivity index (χ3v) is 2.77. The van der Waals surface area contributed by atoms with Gasteiger partial charge in [0.05, 0.1) is 11.2 Å². The normalized spacial score (nSPS) is 14.2. The molecule has 3 heteroatoms. The Morgan fingerprint density at radius 2 is 2.06 bits per heavy atom. The zero-order chi connectivity index (χ0) is 12.2. The van der Waals surface area contributed by atoms with Crippen LogP contribution in [0.3, 0.4) is 0 Å². The second kappa shape index (κ2) is 5.00. The molecule has 1 aromatic rings. The van der Waals surface area contributed by atoms with Crippen LogP contribution in [0.25, 0.3) is 0 Å². The van der Waals surface area contributed by atoms with Gasteiger partial charge in [-0.15, -0.1) is 0 Å². The third-order valence-electron chi connectivity index (χ3n) is 2.77. The van der Waals surface area contributed by atoms with Gasteiger partial charge in [-0.05, 0) is 25.0 Å². The van der Waals surface area contributed by atoms with Crippen LogP contribution in [-0.4, -0.2) is 17.3 Å². The number of nitrogens with zero attached hydrogens (tertiary/aromatic N) is 1. The first-order valence-electron chi connectivity index (χ1n) is 5.31. The van der Waals surface area contributed by atoms with Crippen molar-refractivity contribution >= 4 is 0 Å². The van der Waals surface area contributed by atoms with Crippen LogP contribution < -0.4 is 4.74 Å². The third kappa shape index (κ3) is 2.98. The molecule has 1 rings (SSSR count). The lowest BCUT2D eigenvalue weighted by Gasteiger charge is -2.27. The summed E-state index contributed by atoms with van der Waals surface area (Å²) in [5.74, 6) is 0.618. The van der Waals surface area contributed by atoms with Gasteiger partial charge in [0, 0.05) is 0 Å². The minimum absolute atomic E-state index is 0.0988. The Bertz CT molecular complexity index is 391. The van der Waals surface area contributed by atoms with Gasteiger partial charge in [-0.25, -0.2) is 0 Å². The van der Waals surface area contributed by atoms with E-state index in [2.05, 4.69) is 6.07 Å². The Kier molecular flexibility index (Phi) is 3.92. The van der Waals surface area contributed by atoms with E-state index in [9.17, 15) is 5.11 Å². The van der Waals surface area contributed by atoms with Crippen LogP contribution in [0.5, 0.6) is 5.75 Å². The maximum atomic E-state index is 10.0. The molecule has 0 aliphatic carbocycles. The van der Waals surface area contributed by atoms with Gasteiger partial charge in [0.15, 0.2) is 0 Å². The molecule has 0 aliphatic rings. The molecule has 86 valence electrons. The standard InChI is InChI=1S/C13H17NO2/c1-10(2)13(3,15)9-16-12-7-5-4-6-11(12)8-14/h4-7,10,15H,9H2,1-3H3. The van der Waals surface area contributed by atoms with Gasteiger partial charge in [0.2, 0.25) is 0 Å². The van der Waals surface area contributed by atoms with Gasteiger partial charge >= 0.3 is 0 Å². The Hall–Kier alpha value is -1.53. The van der Waals surface area contributed by atoms with E-state index in [0.29, 0.717) is 11.3 Å². The van der Waals surface area contributed by atoms with Crippen molar-refractivity contribution in [1.29, 1.82) is 5.26 Å². The van der Waals surface area contributed by atoms with E-state index in [0.717, 1.165) is 0 Å². The molecule has 1 atom stereocenters. The average molecular weight is 219 g/mol. The van der Waals surface area contributed by atoms with Crippen LogP contribution in [0.1, 0.15) is 26.3 Å². The first-order chi connectivity index (χ1) is 7.47. The highest BCUT2D eigenvalue weighted by molar-refractivity contribution is 5.42. The molecule has 0 heterocycles. The molecular formula is C13H17NO2. The van der Waals surface area contributed by atoms with Crippen molar-refractivity contribution in [2.24, 2.45) is 5.92 Å². The monoisotopic (exact) mass is 219 g/mol. The summed E-state index contributed by atoms with van der Waals surface area (Å²) < 4.78 is 5.48. The molecule has 1 unspecified atom stereocenters. The summed E-state index contributed by atoms with van der Waals surface area (Å²) in [5.41, 5.74) is -0.398. The lowest BCUT2D eigenvalue weighted by molar-refractivity contribution is -0.0267. The van der Waals surface area contributed by atoms with Crippen LogP contribution >= 0.6 is 0 Å². The van der Waals surface area contributed by atoms with Crippen LogP contribution in [0.2, 0.25) is 0 Å². The number of rotatable bonds is 4. The molecule has 0 aromatic heterocycles. The molecular weight excluding hydrogens is 202 g/mol. The fourth-order valence-electron chi connectivity index (χ4n) is 1.08. The van der Waals surface area contributed by atoms with E-state index in [-0.39, 0.29) is 12.5 Å². The predicted octanol–water partition coefficient (Wildman–Crippen LogP) is 2.34. The highest BCUT2D eigenvalue weighted by Crippen LogP contribution is 2.21.